The Labute approximate surface area is 161 Å². The Balaban J connectivity index is 2.08. The molecular weight excluding hydrogens is 362 g/mol. The van der Waals surface area contributed by atoms with Crippen molar-refractivity contribution < 1.29 is 28.9 Å². The van der Waals surface area contributed by atoms with Crippen molar-refractivity contribution in [2.75, 3.05) is 7.11 Å². The van der Waals surface area contributed by atoms with Gasteiger partial charge in [0.15, 0.2) is 11.4 Å². The largest absolute Gasteiger partial charge is 0.505 e. The zero-order valence-electron chi connectivity index (χ0n) is 15.7. The molecule has 0 fully saturated rings. The predicted molar refractivity (Wildman–Crippen MR) is 101 cm³/mol. The van der Waals surface area contributed by atoms with Crippen LogP contribution in [-0.4, -0.2) is 29.1 Å². The third-order valence-corrected chi connectivity index (χ3v) is 4.08. The minimum atomic E-state index is -0.798. The summed E-state index contributed by atoms with van der Waals surface area (Å²) in [6, 6.07) is 12.5. The molecule has 1 aromatic heterocycles. The number of pyridine rings is 1. The van der Waals surface area contributed by atoms with Gasteiger partial charge in [0.05, 0.1) is 12.8 Å². The van der Waals surface area contributed by atoms with Crippen molar-refractivity contribution in [3.63, 3.8) is 0 Å². The second-order valence-corrected chi connectivity index (χ2v) is 6.15. The van der Waals surface area contributed by atoms with Crippen molar-refractivity contribution in [1.82, 2.24) is 4.98 Å². The first-order chi connectivity index (χ1) is 13.4. The van der Waals surface area contributed by atoms with Crippen LogP contribution >= 0.6 is 0 Å². The molecule has 0 spiro atoms. The van der Waals surface area contributed by atoms with Crippen LogP contribution in [0, 0.1) is 6.92 Å². The molecule has 0 radical (unpaired) electrons. The summed E-state index contributed by atoms with van der Waals surface area (Å²) in [5.74, 6) is -0.517. The number of nitrogens with zero attached hydrogens (tertiary/aromatic N) is 1. The lowest BCUT2D eigenvalue weighted by Crippen LogP contribution is -2.09. The molecule has 0 saturated carbocycles. The minimum absolute atomic E-state index is 0.145. The first-order valence-corrected chi connectivity index (χ1v) is 8.51. The van der Waals surface area contributed by atoms with Crippen molar-refractivity contribution in [2.24, 2.45) is 0 Å². The van der Waals surface area contributed by atoms with Crippen LogP contribution in [0.3, 0.4) is 0 Å². The summed E-state index contributed by atoms with van der Waals surface area (Å²) in [7, 11) is 1.19. The van der Waals surface area contributed by atoms with E-state index in [1.165, 1.54) is 14.0 Å². The number of fused-ring (bicyclic) bond motifs is 1. The predicted octanol–water partition coefficient (Wildman–Crippen LogP) is 3.89. The number of hydrogen-bond donors (Lipinski definition) is 1. The molecular formula is C21H19NO6. The van der Waals surface area contributed by atoms with Gasteiger partial charge in [-0.25, -0.2) is 9.78 Å². The summed E-state index contributed by atoms with van der Waals surface area (Å²) >= 11 is 0. The third-order valence-electron chi connectivity index (χ3n) is 4.08. The zero-order chi connectivity index (χ0) is 20.3. The number of methoxy groups -OCH3 is 1. The van der Waals surface area contributed by atoms with E-state index in [-0.39, 0.29) is 18.1 Å². The molecule has 0 saturated heterocycles. The number of rotatable bonds is 5. The first kappa shape index (κ1) is 19.2. The summed E-state index contributed by atoms with van der Waals surface area (Å²) in [5, 5.41) is 11.4. The molecule has 0 amide bonds. The van der Waals surface area contributed by atoms with E-state index in [1.54, 1.807) is 18.2 Å². The van der Waals surface area contributed by atoms with E-state index in [2.05, 4.69) is 9.72 Å². The fourth-order valence-corrected chi connectivity index (χ4v) is 2.67. The average molecular weight is 381 g/mol. The average Bonchev–Trinajstić information content (AvgIpc) is 2.68. The topological polar surface area (TPSA) is 95.0 Å². The number of ether oxygens (including phenoxy) is 3. The maximum absolute atomic E-state index is 12.0. The molecule has 0 atom stereocenters. The van der Waals surface area contributed by atoms with Gasteiger partial charge in [-0.3, -0.25) is 4.79 Å². The van der Waals surface area contributed by atoms with Crippen LogP contribution in [0.4, 0.5) is 0 Å². The third kappa shape index (κ3) is 4.03. The number of aromatic nitrogens is 1. The summed E-state index contributed by atoms with van der Waals surface area (Å²) < 4.78 is 15.5. The number of carbonyl (C=O) groups excluding carboxylic acids is 2. The zero-order valence-corrected chi connectivity index (χ0v) is 15.7. The van der Waals surface area contributed by atoms with E-state index >= 15 is 0 Å². The van der Waals surface area contributed by atoms with Gasteiger partial charge < -0.3 is 19.3 Å². The van der Waals surface area contributed by atoms with E-state index in [4.69, 9.17) is 9.47 Å². The normalized spacial score (nSPS) is 10.5. The molecule has 0 unspecified atom stereocenters. The highest BCUT2D eigenvalue weighted by Gasteiger charge is 2.20. The van der Waals surface area contributed by atoms with Gasteiger partial charge >= 0.3 is 11.9 Å². The molecule has 3 aromatic rings. The number of aromatic hydroxyl groups is 1. The molecule has 144 valence electrons. The number of aryl methyl sites for hydroxylation is 1. The van der Waals surface area contributed by atoms with E-state index < -0.39 is 11.9 Å². The number of esters is 2. The Morgan fingerprint density at radius 2 is 1.71 bits per heavy atom. The molecule has 1 heterocycles. The molecule has 7 heteroatoms. The maximum Gasteiger partial charge on any atom is 0.360 e. The van der Waals surface area contributed by atoms with Crippen LogP contribution < -0.4 is 4.74 Å². The fraction of sp³-hybridized carbons (Fsp3) is 0.190. The van der Waals surface area contributed by atoms with Gasteiger partial charge in [0.25, 0.3) is 0 Å². The van der Waals surface area contributed by atoms with Crippen molar-refractivity contribution >= 4 is 22.7 Å². The van der Waals surface area contributed by atoms with Gasteiger partial charge in [-0.1, -0.05) is 17.7 Å². The van der Waals surface area contributed by atoms with E-state index in [9.17, 15) is 14.7 Å². The summed E-state index contributed by atoms with van der Waals surface area (Å²) in [6.07, 6.45) is 0. The lowest BCUT2D eigenvalue weighted by Gasteiger charge is -2.13. The lowest BCUT2D eigenvalue weighted by atomic mass is 10.1. The molecule has 0 aliphatic heterocycles. The van der Waals surface area contributed by atoms with E-state index in [1.807, 2.05) is 31.2 Å². The monoisotopic (exact) mass is 381 g/mol. The molecule has 0 aliphatic carbocycles. The molecule has 0 aliphatic rings. The van der Waals surface area contributed by atoms with Gasteiger partial charge in [0.2, 0.25) is 0 Å². The summed E-state index contributed by atoms with van der Waals surface area (Å²) in [6.45, 7) is 3.11. The van der Waals surface area contributed by atoms with Gasteiger partial charge in [0, 0.05) is 17.7 Å². The Morgan fingerprint density at radius 3 is 2.36 bits per heavy atom. The molecule has 7 nitrogen and oxygen atoms in total. The van der Waals surface area contributed by atoms with Crippen LogP contribution in [0.1, 0.15) is 28.7 Å². The van der Waals surface area contributed by atoms with Gasteiger partial charge in [-0.15, -0.1) is 0 Å². The molecule has 2 aromatic carbocycles. The highest BCUT2D eigenvalue weighted by Crippen LogP contribution is 2.34. The highest BCUT2D eigenvalue weighted by molar-refractivity contribution is 6.00. The minimum Gasteiger partial charge on any atom is -0.505 e. The molecule has 3 rings (SSSR count). The Bertz CT molecular complexity index is 1040. The second kappa shape index (κ2) is 7.96. The highest BCUT2D eigenvalue weighted by atomic mass is 16.5. The number of benzene rings is 2. The van der Waals surface area contributed by atoms with Gasteiger partial charge in [0.1, 0.15) is 18.1 Å². The quantitative estimate of drug-likeness (QED) is 0.670. The molecule has 1 N–H and O–H groups in total. The van der Waals surface area contributed by atoms with Gasteiger partial charge in [-0.2, -0.15) is 0 Å². The molecule has 0 bridgehead atoms. The van der Waals surface area contributed by atoms with Crippen LogP contribution in [0.2, 0.25) is 0 Å². The number of carbonyl (C=O) groups is 2. The van der Waals surface area contributed by atoms with Crippen LogP contribution in [0.15, 0.2) is 42.5 Å². The Kier molecular flexibility index (Phi) is 5.44. The van der Waals surface area contributed by atoms with Crippen molar-refractivity contribution in [3.8, 4) is 17.2 Å². The summed E-state index contributed by atoms with van der Waals surface area (Å²) in [5.41, 5.74) is 1.17. The fourth-order valence-electron chi connectivity index (χ4n) is 2.67. The standard InChI is InChI=1S/C21H19NO6/c1-12-4-6-14(7-5-12)28-15-8-9-16-17(10-15)20(24)19(21(25)26-3)22-18(16)11-27-13(2)23/h4-10,24H,11H2,1-3H3. The second-order valence-electron chi connectivity index (χ2n) is 6.15. The van der Waals surface area contributed by atoms with Gasteiger partial charge in [-0.05, 0) is 37.3 Å². The van der Waals surface area contributed by atoms with Crippen LogP contribution in [0.25, 0.3) is 10.8 Å². The van der Waals surface area contributed by atoms with Crippen LogP contribution in [-0.2, 0) is 20.9 Å². The summed E-state index contributed by atoms with van der Waals surface area (Å²) in [4.78, 5) is 27.3. The SMILES string of the molecule is COC(=O)c1nc(COC(C)=O)c2ccc(Oc3ccc(C)cc3)cc2c1O. The first-order valence-electron chi connectivity index (χ1n) is 8.51. The van der Waals surface area contributed by atoms with E-state index in [0.717, 1.165) is 5.56 Å². The number of hydrogen-bond acceptors (Lipinski definition) is 7. The molecule has 28 heavy (non-hydrogen) atoms. The Hall–Kier alpha value is -3.61. The van der Waals surface area contributed by atoms with E-state index in [0.29, 0.717) is 28.0 Å². The van der Waals surface area contributed by atoms with Crippen molar-refractivity contribution in [1.29, 1.82) is 0 Å². The smallest absolute Gasteiger partial charge is 0.360 e. The van der Waals surface area contributed by atoms with Crippen molar-refractivity contribution in [3.05, 3.63) is 59.4 Å². The van der Waals surface area contributed by atoms with Crippen LogP contribution in [0.5, 0.6) is 17.2 Å². The lowest BCUT2D eigenvalue weighted by molar-refractivity contribution is -0.142. The van der Waals surface area contributed by atoms with Crippen molar-refractivity contribution in [2.45, 2.75) is 20.5 Å². The maximum atomic E-state index is 12.0. The Morgan fingerprint density at radius 1 is 1.04 bits per heavy atom.